The minimum Gasteiger partial charge on any atom is -0.490 e. The van der Waals surface area contributed by atoms with Gasteiger partial charge in [0.2, 0.25) is 5.91 Å². The van der Waals surface area contributed by atoms with Crippen molar-refractivity contribution in [2.75, 3.05) is 19.6 Å². The van der Waals surface area contributed by atoms with Crippen molar-refractivity contribution >= 4 is 16.8 Å². The maximum absolute atomic E-state index is 11.8. The summed E-state index contributed by atoms with van der Waals surface area (Å²) in [6.45, 7) is 2.69. The minimum absolute atomic E-state index is 0.0778. The van der Waals surface area contributed by atoms with Crippen LogP contribution in [-0.4, -0.2) is 47.6 Å². The maximum Gasteiger partial charge on any atom is 0.237 e. The van der Waals surface area contributed by atoms with Crippen LogP contribution in [0.2, 0.25) is 0 Å². The van der Waals surface area contributed by atoms with E-state index in [0.29, 0.717) is 0 Å². The van der Waals surface area contributed by atoms with Gasteiger partial charge in [0.25, 0.3) is 0 Å². The smallest absolute Gasteiger partial charge is 0.237 e. The van der Waals surface area contributed by atoms with Crippen LogP contribution in [0.5, 0.6) is 5.75 Å². The fourth-order valence-corrected chi connectivity index (χ4v) is 3.57. The number of hydrogen-bond donors (Lipinski definition) is 2. The number of H-pyrrole nitrogens is 1. The Morgan fingerprint density at radius 2 is 2.00 bits per heavy atom. The van der Waals surface area contributed by atoms with Crippen LogP contribution in [0.4, 0.5) is 0 Å². The molecule has 1 amide bonds. The van der Waals surface area contributed by atoms with E-state index in [9.17, 15) is 4.79 Å². The number of benzene rings is 1. The molecule has 5 heteroatoms. The molecule has 1 unspecified atom stereocenters. The normalized spacial score (nSPS) is 23.8. The molecular weight excluding hydrogens is 278 g/mol. The number of likely N-dealkylation sites (tertiary alicyclic amines) is 1. The predicted molar refractivity (Wildman–Crippen MR) is 84.9 cm³/mol. The molecule has 1 aromatic heterocycles. The molecule has 5 nitrogen and oxygen atoms in total. The number of aromatic amines is 1. The highest BCUT2D eigenvalue weighted by Gasteiger charge is 2.33. The number of fused-ring (bicyclic) bond motifs is 1. The molecule has 2 aromatic rings. The number of carbonyl (C=O) groups excluding carboxylic acids is 1. The van der Waals surface area contributed by atoms with Crippen molar-refractivity contribution in [2.45, 2.75) is 31.4 Å². The fourth-order valence-electron chi connectivity index (χ4n) is 3.57. The van der Waals surface area contributed by atoms with Crippen molar-refractivity contribution in [3.05, 3.63) is 30.5 Å². The monoisotopic (exact) mass is 299 g/mol. The summed E-state index contributed by atoms with van der Waals surface area (Å²) in [6, 6.07) is 8.25. The largest absolute Gasteiger partial charge is 0.490 e. The van der Waals surface area contributed by atoms with Crippen LogP contribution in [0, 0.1) is 0 Å². The number of carbonyl (C=O) groups is 1. The van der Waals surface area contributed by atoms with Gasteiger partial charge < -0.3 is 15.0 Å². The van der Waals surface area contributed by atoms with Gasteiger partial charge in [0.1, 0.15) is 11.9 Å². The fraction of sp³-hybridized carbons (Fsp3) is 0.471. The van der Waals surface area contributed by atoms with Gasteiger partial charge in [0.05, 0.1) is 6.04 Å². The van der Waals surface area contributed by atoms with Crippen LogP contribution in [0.25, 0.3) is 10.9 Å². The van der Waals surface area contributed by atoms with E-state index < -0.39 is 0 Å². The molecule has 2 N–H and O–H groups in total. The van der Waals surface area contributed by atoms with E-state index >= 15 is 0 Å². The van der Waals surface area contributed by atoms with E-state index in [4.69, 9.17) is 4.74 Å². The van der Waals surface area contributed by atoms with E-state index in [1.165, 1.54) is 0 Å². The Kier molecular flexibility index (Phi) is 3.50. The van der Waals surface area contributed by atoms with Crippen LogP contribution in [0.15, 0.2) is 30.5 Å². The Balaban J connectivity index is 1.40. The third-order valence-electron chi connectivity index (χ3n) is 4.79. The molecule has 2 aliphatic rings. The summed E-state index contributed by atoms with van der Waals surface area (Å²) in [5.74, 6) is 1.15. The van der Waals surface area contributed by atoms with Crippen LogP contribution >= 0.6 is 0 Å². The number of rotatable bonds is 3. The molecule has 1 aromatic carbocycles. The van der Waals surface area contributed by atoms with Crippen molar-refractivity contribution in [3.8, 4) is 5.75 Å². The van der Waals surface area contributed by atoms with Gasteiger partial charge in [0, 0.05) is 36.7 Å². The summed E-state index contributed by atoms with van der Waals surface area (Å²) in [7, 11) is 0. The highest BCUT2D eigenvalue weighted by Crippen LogP contribution is 2.28. The second-order valence-electron chi connectivity index (χ2n) is 6.14. The standard InChI is InChI=1S/C17H21N3O2/c21-17-15(5-9-19-17)20-10-6-12(7-11-20)22-16-3-1-2-14-13(16)4-8-18-14/h1-4,8,12,15,18H,5-7,9-11H2,(H,19,21). The summed E-state index contributed by atoms with van der Waals surface area (Å²) in [5.41, 5.74) is 1.11. The quantitative estimate of drug-likeness (QED) is 0.910. The van der Waals surface area contributed by atoms with E-state index in [2.05, 4.69) is 27.3 Å². The minimum atomic E-state index is 0.0778. The van der Waals surface area contributed by atoms with Crippen LogP contribution < -0.4 is 10.1 Å². The van der Waals surface area contributed by atoms with Gasteiger partial charge >= 0.3 is 0 Å². The third-order valence-corrected chi connectivity index (χ3v) is 4.79. The lowest BCUT2D eigenvalue weighted by Gasteiger charge is -2.34. The molecule has 22 heavy (non-hydrogen) atoms. The van der Waals surface area contributed by atoms with Gasteiger partial charge in [-0.2, -0.15) is 0 Å². The molecule has 0 saturated carbocycles. The summed E-state index contributed by atoms with van der Waals surface area (Å²) in [5, 5.41) is 4.06. The van der Waals surface area contributed by atoms with Crippen molar-refractivity contribution in [1.82, 2.24) is 15.2 Å². The Morgan fingerprint density at radius 1 is 1.14 bits per heavy atom. The lowest BCUT2D eigenvalue weighted by Crippen LogP contribution is -2.47. The molecule has 0 radical (unpaired) electrons. The maximum atomic E-state index is 11.8. The molecule has 1 atom stereocenters. The molecular formula is C17H21N3O2. The van der Waals surface area contributed by atoms with E-state index in [0.717, 1.165) is 55.5 Å². The van der Waals surface area contributed by atoms with Gasteiger partial charge in [-0.3, -0.25) is 9.69 Å². The zero-order valence-electron chi connectivity index (χ0n) is 12.5. The Morgan fingerprint density at radius 3 is 2.77 bits per heavy atom. The van der Waals surface area contributed by atoms with Crippen LogP contribution in [0.1, 0.15) is 19.3 Å². The molecule has 2 fully saturated rings. The van der Waals surface area contributed by atoms with Gasteiger partial charge in [-0.05, 0) is 37.5 Å². The van der Waals surface area contributed by atoms with Gasteiger partial charge in [-0.25, -0.2) is 0 Å². The van der Waals surface area contributed by atoms with Crippen LogP contribution in [-0.2, 0) is 4.79 Å². The molecule has 0 bridgehead atoms. The summed E-state index contributed by atoms with van der Waals surface area (Å²) in [4.78, 5) is 17.3. The summed E-state index contributed by atoms with van der Waals surface area (Å²) in [6.07, 6.45) is 5.07. The average Bonchev–Trinajstić information content (AvgIpc) is 3.17. The van der Waals surface area contributed by atoms with Crippen molar-refractivity contribution in [2.24, 2.45) is 0 Å². The number of hydrogen-bond acceptors (Lipinski definition) is 3. The van der Waals surface area contributed by atoms with E-state index in [1.807, 2.05) is 18.3 Å². The first-order valence-electron chi connectivity index (χ1n) is 8.06. The van der Waals surface area contributed by atoms with Crippen LogP contribution in [0.3, 0.4) is 0 Å². The summed E-state index contributed by atoms with van der Waals surface area (Å²) >= 11 is 0. The highest BCUT2D eigenvalue weighted by molar-refractivity contribution is 5.85. The first-order valence-corrected chi connectivity index (χ1v) is 8.06. The number of amides is 1. The number of ether oxygens (including phenoxy) is 1. The lowest BCUT2D eigenvalue weighted by atomic mass is 10.0. The molecule has 4 rings (SSSR count). The number of nitrogens with one attached hydrogen (secondary N) is 2. The third kappa shape index (κ3) is 2.46. The SMILES string of the molecule is O=C1NCCC1N1CCC(Oc2cccc3[nH]ccc23)CC1. The van der Waals surface area contributed by atoms with Gasteiger partial charge in [-0.1, -0.05) is 6.07 Å². The zero-order valence-corrected chi connectivity index (χ0v) is 12.5. The Labute approximate surface area is 129 Å². The van der Waals surface area contributed by atoms with Crippen molar-refractivity contribution < 1.29 is 9.53 Å². The van der Waals surface area contributed by atoms with Crippen molar-refractivity contribution in [1.29, 1.82) is 0 Å². The molecule has 2 saturated heterocycles. The molecule has 2 aliphatic heterocycles. The van der Waals surface area contributed by atoms with E-state index in [-0.39, 0.29) is 18.1 Å². The molecule has 3 heterocycles. The number of nitrogens with zero attached hydrogens (tertiary/aromatic N) is 1. The van der Waals surface area contributed by atoms with Gasteiger partial charge in [-0.15, -0.1) is 0 Å². The first kappa shape index (κ1) is 13.6. The van der Waals surface area contributed by atoms with E-state index in [1.54, 1.807) is 0 Å². The average molecular weight is 299 g/mol. The zero-order chi connectivity index (χ0) is 14.9. The molecule has 116 valence electrons. The van der Waals surface area contributed by atoms with Gasteiger partial charge in [0.15, 0.2) is 0 Å². The topological polar surface area (TPSA) is 57.4 Å². The first-order chi connectivity index (χ1) is 10.8. The lowest BCUT2D eigenvalue weighted by molar-refractivity contribution is -0.124. The highest BCUT2D eigenvalue weighted by atomic mass is 16.5. The number of aromatic nitrogens is 1. The second-order valence-corrected chi connectivity index (χ2v) is 6.14. The van der Waals surface area contributed by atoms with Crippen molar-refractivity contribution in [3.63, 3.8) is 0 Å². The second kappa shape index (κ2) is 5.65. The molecule has 0 spiro atoms. The molecule has 0 aliphatic carbocycles. The Hall–Kier alpha value is -2.01. The number of piperidine rings is 1. The predicted octanol–water partition coefficient (Wildman–Crippen LogP) is 1.90. The Bertz CT molecular complexity index is 673. The summed E-state index contributed by atoms with van der Waals surface area (Å²) < 4.78 is 6.22.